The molecule has 158 valence electrons. The average Bonchev–Trinajstić information content (AvgIpc) is 3.00. The molecule has 0 atom stereocenters. The third-order valence-electron chi connectivity index (χ3n) is 5.63. The van der Waals surface area contributed by atoms with Gasteiger partial charge in [-0.2, -0.15) is 0 Å². The lowest BCUT2D eigenvalue weighted by Crippen LogP contribution is -2.28. The molecule has 7 nitrogen and oxygen atoms in total. The average molecular weight is 409 g/mol. The molecule has 0 bridgehead atoms. The second-order valence-corrected chi connectivity index (χ2v) is 8.71. The van der Waals surface area contributed by atoms with Gasteiger partial charge in [-0.15, -0.1) is 0 Å². The maximum absolute atomic E-state index is 12.9. The molecule has 0 saturated heterocycles. The fraction of sp³-hybridized carbons (Fsp3) is 0.435. The highest BCUT2D eigenvalue weighted by atomic mass is 16.5. The minimum Gasteiger partial charge on any atom is -0.489 e. The van der Waals surface area contributed by atoms with Crippen molar-refractivity contribution in [3.05, 3.63) is 41.5 Å². The van der Waals surface area contributed by atoms with Crippen LogP contribution in [0, 0.1) is 12.3 Å². The van der Waals surface area contributed by atoms with Crippen LogP contribution in [0.2, 0.25) is 0 Å². The lowest BCUT2D eigenvalue weighted by molar-refractivity contribution is 0.0910. The molecule has 30 heavy (non-hydrogen) atoms. The van der Waals surface area contributed by atoms with Gasteiger partial charge in [-0.1, -0.05) is 13.8 Å². The summed E-state index contributed by atoms with van der Waals surface area (Å²) in [6.45, 7) is 7.36. The maximum atomic E-state index is 12.9. The first-order valence-corrected chi connectivity index (χ1v) is 10.2. The number of anilines is 1. The first-order valence-electron chi connectivity index (χ1n) is 10.2. The highest BCUT2D eigenvalue weighted by Crippen LogP contribution is 2.41. The van der Waals surface area contributed by atoms with Crippen LogP contribution < -0.4 is 10.5 Å². The fourth-order valence-electron chi connectivity index (χ4n) is 4.32. The van der Waals surface area contributed by atoms with Crippen molar-refractivity contribution in [3.8, 4) is 11.4 Å². The van der Waals surface area contributed by atoms with Crippen molar-refractivity contribution in [2.24, 2.45) is 5.41 Å². The summed E-state index contributed by atoms with van der Waals surface area (Å²) in [5.74, 6) is 1.26. The predicted octanol–water partition coefficient (Wildman–Crippen LogP) is 3.88. The number of aryl methyl sites for hydroxylation is 1. The topological polar surface area (TPSA) is 92.3 Å². The van der Waals surface area contributed by atoms with Crippen molar-refractivity contribution in [2.75, 3.05) is 26.1 Å². The molecule has 1 aliphatic rings. The van der Waals surface area contributed by atoms with Crippen LogP contribution in [0.25, 0.3) is 16.6 Å². The molecule has 0 aliphatic heterocycles. The highest BCUT2D eigenvalue weighted by molar-refractivity contribution is 6.01. The smallest absolute Gasteiger partial charge is 0.169 e. The Morgan fingerprint density at radius 2 is 2.00 bits per heavy atom. The number of nitrogen functional groups attached to an aromatic ring is 1. The quantitative estimate of drug-likeness (QED) is 0.622. The third-order valence-corrected chi connectivity index (χ3v) is 5.63. The van der Waals surface area contributed by atoms with Crippen molar-refractivity contribution in [3.63, 3.8) is 0 Å². The highest BCUT2D eigenvalue weighted by Gasteiger charge is 2.35. The molecule has 0 saturated carbocycles. The number of aromatic nitrogens is 3. The molecule has 4 rings (SSSR count). The van der Waals surface area contributed by atoms with Gasteiger partial charge in [-0.3, -0.25) is 4.79 Å². The molecular weight excluding hydrogens is 380 g/mol. The summed E-state index contributed by atoms with van der Waals surface area (Å²) in [7, 11) is 1.67. The molecule has 2 aromatic heterocycles. The van der Waals surface area contributed by atoms with E-state index in [1.54, 1.807) is 7.11 Å². The van der Waals surface area contributed by atoms with Crippen LogP contribution in [-0.4, -0.2) is 40.6 Å². The Morgan fingerprint density at radius 3 is 2.77 bits per heavy atom. The molecule has 3 aromatic rings. The van der Waals surface area contributed by atoms with Crippen LogP contribution in [0.5, 0.6) is 5.75 Å². The van der Waals surface area contributed by atoms with Crippen molar-refractivity contribution in [1.29, 1.82) is 0 Å². The van der Waals surface area contributed by atoms with Crippen LogP contribution in [0.3, 0.4) is 0 Å². The van der Waals surface area contributed by atoms with Gasteiger partial charge in [0.2, 0.25) is 0 Å². The second kappa shape index (κ2) is 7.72. The van der Waals surface area contributed by atoms with Gasteiger partial charge in [-0.05, 0) is 36.5 Å². The molecule has 7 heteroatoms. The van der Waals surface area contributed by atoms with Crippen molar-refractivity contribution >= 4 is 22.5 Å². The molecule has 1 aliphatic carbocycles. The van der Waals surface area contributed by atoms with E-state index in [0.29, 0.717) is 36.7 Å². The van der Waals surface area contributed by atoms with Gasteiger partial charge in [0.05, 0.1) is 12.3 Å². The lowest BCUT2D eigenvalue weighted by atomic mass is 9.75. The van der Waals surface area contributed by atoms with E-state index in [-0.39, 0.29) is 11.2 Å². The number of methoxy groups -OCH3 is 1. The van der Waals surface area contributed by atoms with Crippen molar-refractivity contribution < 1.29 is 14.3 Å². The van der Waals surface area contributed by atoms with Gasteiger partial charge in [-0.25, -0.2) is 9.97 Å². The zero-order valence-corrected chi connectivity index (χ0v) is 18.0. The van der Waals surface area contributed by atoms with E-state index in [0.717, 1.165) is 40.7 Å². The third kappa shape index (κ3) is 3.54. The summed E-state index contributed by atoms with van der Waals surface area (Å²) in [6, 6.07) is 3.89. The number of Topliss-reactive ketones (excluding diaryl/α,β-unsaturated/α-hetero) is 1. The Bertz CT molecular complexity index is 1120. The number of nitrogens with two attached hydrogens (primary N) is 1. The van der Waals surface area contributed by atoms with E-state index in [4.69, 9.17) is 15.2 Å². The Morgan fingerprint density at radius 1 is 1.20 bits per heavy atom. The first-order chi connectivity index (χ1) is 14.3. The molecule has 0 unspecified atom stereocenters. The number of fused-ring (bicyclic) bond motifs is 2. The minimum absolute atomic E-state index is 0.0877. The van der Waals surface area contributed by atoms with E-state index in [2.05, 4.69) is 28.4 Å². The summed E-state index contributed by atoms with van der Waals surface area (Å²) < 4.78 is 13.4. The van der Waals surface area contributed by atoms with Crippen molar-refractivity contribution in [2.45, 2.75) is 40.0 Å². The monoisotopic (exact) mass is 408 g/mol. The molecule has 2 heterocycles. The number of rotatable bonds is 6. The Kier molecular flexibility index (Phi) is 5.24. The zero-order valence-electron chi connectivity index (χ0n) is 18.0. The summed E-state index contributed by atoms with van der Waals surface area (Å²) >= 11 is 0. The number of carbonyl (C=O) groups excluding carboxylic acids is 1. The molecule has 0 fully saturated rings. The molecule has 2 N–H and O–H groups in total. The van der Waals surface area contributed by atoms with Gasteiger partial charge in [0, 0.05) is 49.4 Å². The van der Waals surface area contributed by atoms with Crippen LogP contribution in [-0.2, 0) is 11.2 Å². The summed E-state index contributed by atoms with van der Waals surface area (Å²) in [6.07, 6.45) is 5.60. The van der Waals surface area contributed by atoms with Crippen LogP contribution in [0.1, 0.15) is 48.3 Å². The van der Waals surface area contributed by atoms with E-state index in [9.17, 15) is 4.79 Å². The van der Waals surface area contributed by atoms with Gasteiger partial charge in [0.25, 0.3) is 0 Å². The maximum Gasteiger partial charge on any atom is 0.169 e. The van der Waals surface area contributed by atoms with E-state index in [1.165, 1.54) is 6.33 Å². The number of ether oxygens (including phenoxy) is 2. The van der Waals surface area contributed by atoms with E-state index in [1.807, 2.05) is 25.3 Å². The lowest BCUT2D eigenvalue weighted by Gasteiger charge is -2.30. The first kappa shape index (κ1) is 20.3. The molecule has 0 radical (unpaired) electrons. The predicted molar refractivity (Wildman–Crippen MR) is 116 cm³/mol. The second-order valence-electron chi connectivity index (χ2n) is 8.71. The van der Waals surface area contributed by atoms with Crippen LogP contribution in [0.15, 0.2) is 24.7 Å². The molecule has 1 aromatic carbocycles. The summed E-state index contributed by atoms with van der Waals surface area (Å²) in [5.41, 5.74) is 10.4. The SMILES string of the molecule is COCCCOc1c(-n2cc(C)c3c2CC(C)(C)CC3=O)ccc2c(N)ncnc12. The molecular formula is C23H28N4O3. The Hall–Kier alpha value is -2.93. The number of nitrogens with zero attached hydrogens (tertiary/aromatic N) is 3. The summed E-state index contributed by atoms with van der Waals surface area (Å²) in [5, 5.41) is 0.747. The Balaban J connectivity index is 1.89. The van der Waals surface area contributed by atoms with Crippen molar-refractivity contribution in [1.82, 2.24) is 14.5 Å². The minimum atomic E-state index is -0.0877. The van der Waals surface area contributed by atoms with Gasteiger partial charge >= 0.3 is 0 Å². The van der Waals surface area contributed by atoms with Gasteiger partial charge < -0.3 is 19.8 Å². The molecule has 0 amide bonds. The standard InChI is InChI=1S/C23H28N4O3/c1-14-12-27(17-10-23(2,3)11-18(28)19(14)17)16-7-6-15-20(25-13-26-22(15)24)21(16)30-9-5-8-29-4/h6-7,12-13H,5,8-11H2,1-4H3,(H2,24,25,26). The summed E-state index contributed by atoms with van der Waals surface area (Å²) in [4.78, 5) is 21.4. The normalized spacial score (nSPS) is 15.4. The fourth-order valence-corrected chi connectivity index (χ4v) is 4.32. The number of hydrogen-bond acceptors (Lipinski definition) is 6. The van der Waals surface area contributed by atoms with Crippen LogP contribution in [0.4, 0.5) is 5.82 Å². The largest absolute Gasteiger partial charge is 0.489 e. The number of benzene rings is 1. The van der Waals surface area contributed by atoms with E-state index >= 15 is 0 Å². The van der Waals surface area contributed by atoms with Gasteiger partial charge in [0.1, 0.15) is 17.7 Å². The molecule has 0 spiro atoms. The number of hydrogen-bond donors (Lipinski definition) is 1. The van der Waals surface area contributed by atoms with Gasteiger partial charge in [0.15, 0.2) is 11.5 Å². The zero-order chi connectivity index (χ0) is 21.5. The number of ketones is 1. The number of carbonyl (C=O) groups is 1. The van der Waals surface area contributed by atoms with E-state index < -0.39 is 0 Å². The Labute approximate surface area is 176 Å². The van der Waals surface area contributed by atoms with Crippen LogP contribution >= 0.6 is 0 Å².